The van der Waals surface area contributed by atoms with Crippen molar-refractivity contribution in [3.05, 3.63) is 41.5 Å². The molecule has 0 saturated carbocycles. The SMILES string of the molecule is Cc1c(O)ccc2cc(C(=O)[O-])ccc12.[Na+]. The average Bonchev–Trinajstić information content (AvgIpc) is 2.23. The van der Waals surface area contributed by atoms with E-state index < -0.39 is 5.97 Å². The first-order chi connectivity index (χ1) is 7.09. The van der Waals surface area contributed by atoms with E-state index in [0.717, 1.165) is 16.3 Å². The van der Waals surface area contributed by atoms with E-state index in [2.05, 4.69) is 0 Å². The van der Waals surface area contributed by atoms with Gasteiger partial charge in [0.1, 0.15) is 5.75 Å². The molecule has 0 aliphatic carbocycles. The maximum atomic E-state index is 10.6. The molecule has 0 atom stereocenters. The molecule has 76 valence electrons. The molecule has 0 fully saturated rings. The van der Waals surface area contributed by atoms with Gasteiger partial charge in [0.15, 0.2) is 0 Å². The van der Waals surface area contributed by atoms with E-state index in [1.165, 1.54) is 12.1 Å². The van der Waals surface area contributed by atoms with E-state index in [-0.39, 0.29) is 40.9 Å². The second-order valence-electron chi connectivity index (χ2n) is 3.43. The zero-order chi connectivity index (χ0) is 11.0. The molecule has 0 heterocycles. The van der Waals surface area contributed by atoms with Crippen molar-refractivity contribution in [3.63, 3.8) is 0 Å². The Morgan fingerprint density at radius 1 is 1.25 bits per heavy atom. The maximum Gasteiger partial charge on any atom is 1.00 e. The molecule has 0 bridgehead atoms. The van der Waals surface area contributed by atoms with Crippen LogP contribution in [0.5, 0.6) is 5.75 Å². The Morgan fingerprint density at radius 3 is 2.56 bits per heavy atom. The van der Waals surface area contributed by atoms with E-state index in [1.54, 1.807) is 25.1 Å². The number of aromatic hydroxyl groups is 1. The Bertz CT molecular complexity index is 549. The van der Waals surface area contributed by atoms with Gasteiger partial charge in [-0.05, 0) is 41.0 Å². The number of carboxylic acid groups (broad SMARTS) is 1. The summed E-state index contributed by atoms with van der Waals surface area (Å²) in [4.78, 5) is 10.6. The van der Waals surface area contributed by atoms with E-state index >= 15 is 0 Å². The third-order valence-corrected chi connectivity index (χ3v) is 2.50. The summed E-state index contributed by atoms with van der Waals surface area (Å²) in [6.07, 6.45) is 0. The second-order valence-corrected chi connectivity index (χ2v) is 3.43. The minimum atomic E-state index is -1.19. The summed E-state index contributed by atoms with van der Waals surface area (Å²) in [7, 11) is 0. The Hall–Kier alpha value is -1.03. The number of hydrogen-bond acceptors (Lipinski definition) is 3. The van der Waals surface area contributed by atoms with Gasteiger partial charge in [-0.2, -0.15) is 0 Å². The molecule has 0 amide bonds. The van der Waals surface area contributed by atoms with Crippen LogP contribution >= 0.6 is 0 Å². The standard InChI is InChI=1S/C12H10O3.Na/c1-7-10-4-2-9(12(14)15)6-8(10)3-5-11(7)13;/h2-6,13H,1H3,(H,14,15);/q;+1/p-1. The van der Waals surface area contributed by atoms with Crippen LogP contribution in [0, 0.1) is 6.92 Å². The van der Waals surface area contributed by atoms with Gasteiger partial charge >= 0.3 is 29.6 Å². The van der Waals surface area contributed by atoms with Crippen LogP contribution in [0.15, 0.2) is 30.3 Å². The van der Waals surface area contributed by atoms with Gasteiger partial charge in [-0.25, -0.2) is 0 Å². The second kappa shape index (κ2) is 4.87. The monoisotopic (exact) mass is 224 g/mol. The molecule has 1 N–H and O–H groups in total. The molecule has 0 aromatic heterocycles. The first-order valence-corrected chi connectivity index (χ1v) is 4.53. The number of hydrogen-bond donors (Lipinski definition) is 1. The molecule has 0 radical (unpaired) electrons. The van der Waals surface area contributed by atoms with Crippen molar-refractivity contribution in [2.24, 2.45) is 0 Å². The van der Waals surface area contributed by atoms with Crippen molar-refractivity contribution in [1.29, 1.82) is 0 Å². The molecule has 0 spiro atoms. The summed E-state index contributed by atoms with van der Waals surface area (Å²) in [5.74, 6) is -0.980. The average molecular weight is 224 g/mol. The number of fused-ring (bicyclic) bond motifs is 1. The molecule has 2 aromatic rings. The number of carboxylic acids is 1. The number of aryl methyl sites for hydroxylation is 1. The van der Waals surface area contributed by atoms with Crippen LogP contribution in [0.25, 0.3) is 10.8 Å². The van der Waals surface area contributed by atoms with Gasteiger partial charge in [0, 0.05) is 0 Å². The van der Waals surface area contributed by atoms with Gasteiger partial charge in [0.05, 0.1) is 5.97 Å². The van der Waals surface area contributed by atoms with Crippen LogP contribution in [0.1, 0.15) is 15.9 Å². The molecular weight excluding hydrogens is 215 g/mol. The largest absolute Gasteiger partial charge is 1.00 e. The van der Waals surface area contributed by atoms with Crippen molar-refractivity contribution < 1.29 is 44.6 Å². The number of phenolic OH excluding ortho intramolecular Hbond substituents is 1. The third kappa shape index (κ3) is 2.21. The van der Waals surface area contributed by atoms with Gasteiger partial charge in [-0.15, -0.1) is 0 Å². The van der Waals surface area contributed by atoms with E-state index in [9.17, 15) is 15.0 Å². The zero-order valence-corrected chi connectivity index (χ0v) is 11.2. The number of rotatable bonds is 1. The van der Waals surface area contributed by atoms with Crippen molar-refractivity contribution in [1.82, 2.24) is 0 Å². The first kappa shape index (κ1) is 13.0. The van der Waals surface area contributed by atoms with Crippen LogP contribution in [-0.4, -0.2) is 11.1 Å². The van der Waals surface area contributed by atoms with Gasteiger partial charge in [-0.3, -0.25) is 0 Å². The normalized spacial score (nSPS) is 9.81. The number of aromatic carboxylic acids is 1. The third-order valence-electron chi connectivity index (χ3n) is 2.50. The Morgan fingerprint density at radius 2 is 1.94 bits per heavy atom. The minimum Gasteiger partial charge on any atom is -0.545 e. The zero-order valence-electron chi connectivity index (χ0n) is 9.15. The molecule has 0 unspecified atom stereocenters. The van der Waals surface area contributed by atoms with E-state index in [0.29, 0.717) is 0 Å². The van der Waals surface area contributed by atoms with Crippen molar-refractivity contribution in [2.75, 3.05) is 0 Å². The summed E-state index contributed by atoms with van der Waals surface area (Å²) in [6, 6.07) is 7.93. The summed E-state index contributed by atoms with van der Waals surface area (Å²) >= 11 is 0. The molecule has 2 rings (SSSR count). The fourth-order valence-electron chi connectivity index (χ4n) is 1.60. The summed E-state index contributed by atoms with van der Waals surface area (Å²) in [5.41, 5.74) is 0.894. The van der Waals surface area contributed by atoms with Crippen LogP contribution in [-0.2, 0) is 0 Å². The molecule has 2 aromatic carbocycles. The van der Waals surface area contributed by atoms with Gasteiger partial charge in [-0.1, -0.05) is 18.2 Å². The summed E-state index contributed by atoms with van der Waals surface area (Å²) in [5, 5.41) is 21.7. The van der Waals surface area contributed by atoms with Crippen LogP contribution in [0.4, 0.5) is 0 Å². The van der Waals surface area contributed by atoms with Crippen LogP contribution < -0.4 is 34.7 Å². The quantitative estimate of drug-likeness (QED) is 0.583. The fourth-order valence-corrected chi connectivity index (χ4v) is 1.60. The van der Waals surface area contributed by atoms with Gasteiger partial charge < -0.3 is 15.0 Å². The molecule has 0 aliphatic rings. The molecular formula is C12H9NaO3. The van der Waals surface area contributed by atoms with Crippen molar-refractivity contribution >= 4 is 16.7 Å². The molecule has 16 heavy (non-hydrogen) atoms. The number of benzene rings is 2. The molecule has 4 heteroatoms. The van der Waals surface area contributed by atoms with Crippen LogP contribution in [0.3, 0.4) is 0 Å². The Kier molecular flexibility index (Phi) is 3.97. The molecule has 3 nitrogen and oxygen atoms in total. The summed E-state index contributed by atoms with van der Waals surface area (Å²) in [6.45, 7) is 1.79. The topological polar surface area (TPSA) is 60.4 Å². The summed E-state index contributed by atoms with van der Waals surface area (Å²) < 4.78 is 0. The molecule has 0 saturated heterocycles. The number of carbonyl (C=O) groups is 1. The Balaban J connectivity index is 0.00000128. The van der Waals surface area contributed by atoms with E-state index in [4.69, 9.17) is 0 Å². The van der Waals surface area contributed by atoms with Gasteiger partial charge in [0.25, 0.3) is 0 Å². The minimum absolute atomic E-state index is 0. The predicted molar refractivity (Wildman–Crippen MR) is 54.7 cm³/mol. The molecule has 0 aliphatic heterocycles. The van der Waals surface area contributed by atoms with Crippen molar-refractivity contribution in [2.45, 2.75) is 6.92 Å². The van der Waals surface area contributed by atoms with Crippen LogP contribution in [0.2, 0.25) is 0 Å². The van der Waals surface area contributed by atoms with Crippen molar-refractivity contribution in [3.8, 4) is 5.75 Å². The fraction of sp³-hybridized carbons (Fsp3) is 0.0833. The van der Waals surface area contributed by atoms with E-state index in [1.807, 2.05) is 0 Å². The first-order valence-electron chi connectivity index (χ1n) is 4.53. The van der Waals surface area contributed by atoms with Gasteiger partial charge in [0.2, 0.25) is 0 Å². The predicted octanol–water partition coefficient (Wildman–Crippen LogP) is -1.78. The number of phenols is 1. The Labute approximate surface area is 115 Å². The number of carbonyl (C=O) groups excluding carboxylic acids is 1. The maximum absolute atomic E-state index is 10.6. The smallest absolute Gasteiger partial charge is 0.545 e.